The highest BCUT2D eigenvalue weighted by atomic mass is 16.5. The number of allylic oxidation sites excluding steroid dienone is 1. The second kappa shape index (κ2) is 4.12. The van der Waals surface area contributed by atoms with Crippen LogP contribution in [-0.2, 0) is 0 Å². The Hall–Kier alpha value is -0.850. The Kier molecular flexibility index (Phi) is 3.30. The van der Waals surface area contributed by atoms with E-state index in [-0.39, 0.29) is 11.8 Å². The van der Waals surface area contributed by atoms with Crippen LogP contribution in [0, 0.1) is 28.6 Å². The Bertz CT molecular complexity index is 263. The number of hydrogen-bond acceptors (Lipinski definition) is 3. The molecule has 0 aliphatic heterocycles. The van der Waals surface area contributed by atoms with Gasteiger partial charge in [-0.05, 0) is 32.6 Å². The minimum absolute atomic E-state index is 0.212. The fourth-order valence-electron chi connectivity index (χ4n) is 1.82. The molecule has 2 atom stereocenters. The molecule has 0 fully saturated rings. The van der Waals surface area contributed by atoms with Gasteiger partial charge in [-0.25, -0.2) is 0 Å². The van der Waals surface area contributed by atoms with Crippen LogP contribution in [0.4, 0.5) is 0 Å². The van der Waals surface area contributed by atoms with E-state index in [2.05, 4.69) is 6.07 Å². The van der Waals surface area contributed by atoms with E-state index in [1.165, 1.54) is 0 Å². The maximum atomic E-state index is 9.05. The van der Waals surface area contributed by atoms with Gasteiger partial charge in [-0.1, -0.05) is 12.2 Å². The molecule has 2 unspecified atom stereocenters. The topological polar surface area (TPSA) is 64.2 Å². The van der Waals surface area contributed by atoms with Crippen molar-refractivity contribution in [3.8, 4) is 6.07 Å². The van der Waals surface area contributed by atoms with E-state index in [0.717, 1.165) is 6.42 Å². The quantitative estimate of drug-likeness (QED) is 0.517. The van der Waals surface area contributed by atoms with Crippen molar-refractivity contribution in [1.29, 1.82) is 5.26 Å². The summed E-state index contributed by atoms with van der Waals surface area (Å²) in [5.41, 5.74) is -0.391. The molecule has 0 spiro atoms. The van der Waals surface area contributed by atoms with Gasteiger partial charge in [0.15, 0.2) is 6.29 Å². The minimum atomic E-state index is -1.30. The van der Waals surface area contributed by atoms with Gasteiger partial charge in [0.2, 0.25) is 0 Å². The van der Waals surface area contributed by atoms with Crippen LogP contribution in [0.1, 0.15) is 26.7 Å². The molecule has 0 bridgehead atoms. The van der Waals surface area contributed by atoms with Crippen LogP contribution in [0.2, 0.25) is 0 Å². The van der Waals surface area contributed by atoms with Crippen molar-refractivity contribution in [1.82, 2.24) is 0 Å². The number of nitrogens with zero attached hydrogens (tertiary/aromatic N) is 1. The first-order valence-corrected chi connectivity index (χ1v) is 4.91. The Morgan fingerprint density at radius 3 is 2.64 bits per heavy atom. The zero-order valence-corrected chi connectivity index (χ0v) is 8.64. The van der Waals surface area contributed by atoms with Crippen molar-refractivity contribution < 1.29 is 10.2 Å². The molecule has 2 N–H and O–H groups in total. The molecule has 1 rings (SSSR count). The van der Waals surface area contributed by atoms with Crippen LogP contribution in [0.25, 0.3) is 0 Å². The summed E-state index contributed by atoms with van der Waals surface area (Å²) in [7, 11) is 0. The molecule has 3 heteroatoms. The Balaban J connectivity index is 2.70. The number of rotatable bonds is 2. The van der Waals surface area contributed by atoms with Gasteiger partial charge in [0, 0.05) is 5.92 Å². The van der Waals surface area contributed by atoms with E-state index in [4.69, 9.17) is 15.5 Å². The highest BCUT2D eigenvalue weighted by Crippen LogP contribution is 2.37. The number of hydrogen-bond donors (Lipinski definition) is 2. The molecule has 0 amide bonds. The van der Waals surface area contributed by atoms with Gasteiger partial charge >= 0.3 is 0 Å². The number of nitriles is 1. The average molecular weight is 195 g/mol. The zero-order chi connectivity index (χ0) is 10.8. The molecule has 0 saturated carbocycles. The van der Waals surface area contributed by atoms with E-state index < -0.39 is 11.7 Å². The average Bonchev–Trinajstić information content (AvgIpc) is 2.18. The van der Waals surface area contributed by atoms with Crippen LogP contribution in [0.15, 0.2) is 12.2 Å². The largest absolute Gasteiger partial charge is 0.368 e. The van der Waals surface area contributed by atoms with Gasteiger partial charge < -0.3 is 10.2 Å². The summed E-state index contributed by atoms with van der Waals surface area (Å²) in [6.45, 7) is 3.80. The molecular weight excluding hydrogens is 178 g/mol. The highest BCUT2D eigenvalue weighted by Gasteiger charge is 2.33. The first-order chi connectivity index (χ1) is 6.47. The minimum Gasteiger partial charge on any atom is -0.368 e. The Morgan fingerprint density at radius 2 is 2.14 bits per heavy atom. The molecule has 1 aliphatic carbocycles. The van der Waals surface area contributed by atoms with Gasteiger partial charge in [0.25, 0.3) is 0 Å². The third-order valence-corrected chi connectivity index (χ3v) is 3.05. The maximum absolute atomic E-state index is 9.05. The molecule has 0 heterocycles. The van der Waals surface area contributed by atoms with Crippen molar-refractivity contribution in [2.45, 2.75) is 33.0 Å². The monoisotopic (exact) mass is 195 g/mol. The predicted octanol–water partition coefficient (Wildman–Crippen LogP) is 1.43. The molecule has 1 aliphatic rings. The third-order valence-electron chi connectivity index (χ3n) is 3.05. The summed E-state index contributed by atoms with van der Waals surface area (Å²) in [5.74, 6) is -0.00863. The van der Waals surface area contributed by atoms with Gasteiger partial charge in [0.1, 0.15) is 0 Å². The van der Waals surface area contributed by atoms with E-state index in [0.29, 0.717) is 6.42 Å². The summed E-state index contributed by atoms with van der Waals surface area (Å²) in [5, 5.41) is 27.1. The van der Waals surface area contributed by atoms with Crippen molar-refractivity contribution >= 4 is 0 Å². The maximum Gasteiger partial charge on any atom is 0.157 e. The molecule has 3 nitrogen and oxygen atoms in total. The molecule has 78 valence electrons. The molecule has 0 aromatic rings. The normalized spacial score (nSPS) is 27.7. The Morgan fingerprint density at radius 1 is 1.50 bits per heavy atom. The van der Waals surface area contributed by atoms with E-state index in [9.17, 15) is 0 Å². The van der Waals surface area contributed by atoms with Gasteiger partial charge in [-0.3, -0.25) is 0 Å². The second-order valence-electron chi connectivity index (χ2n) is 4.51. The first kappa shape index (κ1) is 11.2. The zero-order valence-electron chi connectivity index (χ0n) is 8.64. The van der Waals surface area contributed by atoms with E-state index >= 15 is 0 Å². The van der Waals surface area contributed by atoms with Crippen LogP contribution < -0.4 is 0 Å². The summed E-state index contributed by atoms with van der Waals surface area (Å²) in [6.07, 6.45) is 3.99. The molecule has 0 aromatic carbocycles. The predicted molar refractivity (Wildman–Crippen MR) is 53.0 cm³/mol. The summed E-state index contributed by atoms with van der Waals surface area (Å²) in [6, 6.07) is 2.27. The second-order valence-corrected chi connectivity index (χ2v) is 4.51. The van der Waals surface area contributed by atoms with Crippen molar-refractivity contribution in [3.05, 3.63) is 12.2 Å². The van der Waals surface area contributed by atoms with E-state index in [1.54, 1.807) is 0 Å². The van der Waals surface area contributed by atoms with Gasteiger partial charge in [0.05, 0.1) is 11.5 Å². The summed E-state index contributed by atoms with van der Waals surface area (Å²) < 4.78 is 0. The van der Waals surface area contributed by atoms with Crippen molar-refractivity contribution in [3.63, 3.8) is 0 Å². The fourth-order valence-corrected chi connectivity index (χ4v) is 1.82. The molecule has 14 heavy (non-hydrogen) atoms. The van der Waals surface area contributed by atoms with Crippen LogP contribution in [0.5, 0.6) is 0 Å². The molecule has 0 saturated heterocycles. The number of aliphatic hydroxyl groups is 2. The van der Waals surface area contributed by atoms with Gasteiger partial charge in [-0.2, -0.15) is 5.26 Å². The fraction of sp³-hybridized carbons (Fsp3) is 0.727. The first-order valence-electron chi connectivity index (χ1n) is 4.91. The molecular formula is C11H17NO2. The molecule has 0 aromatic heterocycles. The lowest BCUT2D eigenvalue weighted by Gasteiger charge is -2.33. The SMILES string of the molecule is CC(C)(C#N)C1CC=CC(C(O)O)C1. The lowest BCUT2D eigenvalue weighted by molar-refractivity contribution is -0.0792. The highest BCUT2D eigenvalue weighted by molar-refractivity contribution is 5.05. The Labute approximate surface area is 84.7 Å². The smallest absolute Gasteiger partial charge is 0.157 e. The van der Waals surface area contributed by atoms with Crippen LogP contribution in [0.3, 0.4) is 0 Å². The summed E-state index contributed by atoms with van der Waals surface area (Å²) >= 11 is 0. The standard InChI is InChI=1S/C11H17NO2/c1-11(2,7-12)9-5-3-4-8(6-9)10(13)14/h3-4,8-10,13-14H,5-6H2,1-2H3. The lowest BCUT2D eigenvalue weighted by Crippen LogP contribution is -2.30. The van der Waals surface area contributed by atoms with Crippen molar-refractivity contribution in [2.24, 2.45) is 17.3 Å². The number of aliphatic hydroxyl groups excluding tert-OH is 1. The lowest BCUT2D eigenvalue weighted by atomic mass is 9.71. The van der Waals surface area contributed by atoms with Crippen LogP contribution in [-0.4, -0.2) is 16.5 Å². The van der Waals surface area contributed by atoms with Gasteiger partial charge in [-0.15, -0.1) is 0 Å². The van der Waals surface area contributed by atoms with E-state index in [1.807, 2.05) is 26.0 Å². The third kappa shape index (κ3) is 2.34. The van der Waals surface area contributed by atoms with Crippen molar-refractivity contribution in [2.75, 3.05) is 0 Å². The van der Waals surface area contributed by atoms with Crippen LogP contribution >= 0.6 is 0 Å². The molecule has 0 radical (unpaired) electrons. The summed E-state index contributed by atoms with van der Waals surface area (Å²) in [4.78, 5) is 0.